The number of unbranched alkanes of at least 4 members (excludes halogenated alkanes) is 13. The highest BCUT2D eigenvalue weighted by Gasteiger charge is 2.02. The molecule has 0 aromatic carbocycles. The molecule has 0 aliphatic carbocycles. The third-order valence-corrected chi connectivity index (χ3v) is 6.11. The fourth-order valence-electron chi connectivity index (χ4n) is 3.83. The van der Waals surface area contributed by atoms with E-state index in [9.17, 15) is 4.79 Å². The predicted molar refractivity (Wildman–Crippen MR) is 150 cm³/mol. The SMILES string of the molecule is CCCCCCCCCCCCOCCOCCOCCOCCOCCOC(=O)CCCCCCC. The molecule has 0 fully saturated rings. The Hall–Kier alpha value is -0.730. The Labute approximate surface area is 228 Å². The van der Waals surface area contributed by atoms with Crippen LogP contribution in [0.15, 0.2) is 0 Å². The molecule has 0 unspecified atom stereocenters. The summed E-state index contributed by atoms with van der Waals surface area (Å²) in [5.74, 6) is -0.130. The lowest BCUT2D eigenvalue weighted by molar-refractivity contribution is -0.145. The first-order chi connectivity index (χ1) is 18.3. The van der Waals surface area contributed by atoms with Gasteiger partial charge < -0.3 is 28.4 Å². The van der Waals surface area contributed by atoms with E-state index >= 15 is 0 Å². The van der Waals surface area contributed by atoms with Gasteiger partial charge in [0.25, 0.3) is 0 Å². The molecule has 0 aliphatic rings. The summed E-state index contributed by atoms with van der Waals surface area (Å²) in [4.78, 5) is 11.6. The molecule has 0 saturated carbocycles. The maximum Gasteiger partial charge on any atom is 0.305 e. The highest BCUT2D eigenvalue weighted by atomic mass is 16.6. The molecule has 0 saturated heterocycles. The third-order valence-electron chi connectivity index (χ3n) is 6.11. The van der Waals surface area contributed by atoms with E-state index in [1.54, 1.807) is 0 Å². The summed E-state index contributed by atoms with van der Waals surface area (Å²) >= 11 is 0. The largest absolute Gasteiger partial charge is 0.463 e. The fourth-order valence-corrected chi connectivity index (χ4v) is 3.83. The zero-order valence-corrected chi connectivity index (χ0v) is 24.4. The van der Waals surface area contributed by atoms with E-state index in [1.165, 1.54) is 77.0 Å². The summed E-state index contributed by atoms with van der Waals surface area (Å²) < 4.78 is 32.7. The lowest BCUT2D eigenvalue weighted by Crippen LogP contribution is -2.15. The second-order valence-corrected chi connectivity index (χ2v) is 9.63. The average molecular weight is 533 g/mol. The molecule has 7 nitrogen and oxygen atoms in total. The van der Waals surface area contributed by atoms with E-state index in [2.05, 4.69) is 13.8 Å². The van der Waals surface area contributed by atoms with Crippen LogP contribution in [0.5, 0.6) is 0 Å². The lowest BCUT2D eigenvalue weighted by Gasteiger charge is -2.08. The molecule has 0 heterocycles. The molecule has 0 rings (SSSR count). The van der Waals surface area contributed by atoms with Gasteiger partial charge in [-0.05, 0) is 12.8 Å². The molecule has 0 radical (unpaired) electrons. The van der Waals surface area contributed by atoms with Gasteiger partial charge >= 0.3 is 5.97 Å². The van der Waals surface area contributed by atoms with Crippen LogP contribution in [-0.2, 0) is 33.2 Å². The van der Waals surface area contributed by atoms with E-state index in [0.29, 0.717) is 72.5 Å². The van der Waals surface area contributed by atoms with Gasteiger partial charge in [0.05, 0.1) is 59.5 Å². The number of hydrogen-bond acceptors (Lipinski definition) is 7. The van der Waals surface area contributed by atoms with E-state index < -0.39 is 0 Å². The number of esters is 1. The Morgan fingerprint density at radius 1 is 0.378 bits per heavy atom. The highest BCUT2D eigenvalue weighted by Crippen LogP contribution is 2.10. The minimum absolute atomic E-state index is 0.130. The number of carbonyl (C=O) groups is 1. The van der Waals surface area contributed by atoms with E-state index in [-0.39, 0.29) is 5.97 Å². The Morgan fingerprint density at radius 3 is 1.14 bits per heavy atom. The van der Waals surface area contributed by atoms with Crippen LogP contribution in [0.3, 0.4) is 0 Å². The van der Waals surface area contributed by atoms with Crippen molar-refractivity contribution in [3.05, 3.63) is 0 Å². The molecule has 0 aromatic heterocycles. The minimum Gasteiger partial charge on any atom is -0.463 e. The molecule has 0 atom stereocenters. The van der Waals surface area contributed by atoms with Crippen LogP contribution in [0.2, 0.25) is 0 Å². The van der Waals surface area contributed by atoms with Crippen molar-refractivity contribution in [2.75, 3.05) is 72.7 Å². The van der Waals surface area contributed by atoms with Crippen molar-refractivity contribution in [3.63, 3.8) is 0 Å². The Morgan fingerprint density at radius 2 is 0.703 bits per heavy atom. The van der Waals surface area contributed by atoms with Gasteiger partial charge in [-0.2, -0.15) is 0 Å². The molecule has 0 amide bonds. The zero-order valence-electron chi connectivity index (χ0n) is 24.4. The second kappa shape index (κ2) is 33.3. The van der Waals surface area contributed by atoms with Crippen LogP contribution in [0.25, 0.3) is 0 Å². The normalized spacial score (nSPS) is 11.3. The summed E-state index contributed by atoms with van der Waals surface area (Å²) in [6.45, 7) is 10.4. The van der Waals surface area contributed by atoms with Crippen LogP contribution in [-0.4, -0.2) is 78.6 Å². The van der Waals surface area contributed by atoms with Gasteiger partial charge in [0.1, 0.15) is 6.61 Å². The van der Waals surface area contributed by atoms with E-state index in [1.807, 2.05) is 0 Å². The van der Waals surface area contributed by atoms with Gasteiger partial charge in [0.15, 0.2) is 0 Å². The summed E-state index contributed by atoms with van der Waals surface area (Å²) in [5.41, 5.74) is 0. The van der Waals surface area contributed by atoms with Gasteiger partial charge in [0.2, 0.25) is 0 Å². The minimum atomic E-state index is -0.130. The first kappa shape index (κ1) is 36.3. The quantitative estimate of drug-likeness (QED) is 0.0689. The summed E-state index contributed by atoms with van der Waals surface area (Å²) in [6, 6.07) is 0. The zero-order chi connectivity index (χ0) is 26.9. The van der Waals surface area contributed by atoms with Crippen molar-refractivity contribution in [3.8, 4) is 0 Å². The predicted octanol–water partition coefficient (Wildman–Crippen LogP) is 6.89. The number of ether oxygens (including phenoxy) is 6. The summed E-state index contributed by atoms with van der Waals surface area (Å²) in [5, 5.41) is 0. The van der Waals surface area contributed by atoms with Crippen molar-refractivity contribution >= 4 is 5.97 Å². The van der Waals surface area contributed by atoms with Gasteiger partial charge in [0, 0.05) is 13.0 Å². The van der Waals surface area contributed by atoms with Crippen molar-refractivity contribution in [1.29, 1.82) is 0 Å². The van der Waals surface area contributed by atoms with Crippen molar-refractivity contribution in [2.45, 2.75) is 117 Å². The Kier molecular flexibility index (Phi) is 32.6. The Bertz CT molecular complexity index is 434. The number of hydrogen-bond donors (Lipinski definition) is 0. The summed E-state index contributed by atoms with van der Waals surface area (Å²) in [6.07, 6.45) is 19.6. The fraction of sp³-hybridized carbons (Fsp3) is 0.967. The van der Waals surface area contributed by atoms with E-state index in [4.69, 9.17) is 28.4 Å². The maximum atomic E-state index is 11.6. The molecule has 0 N–H and O–H groups in total. The molecule has 0 spiro atoms. The molecule has 37 heavy (non-hydrogen) atoms. The molecule has 0 bridgehead atoms. The maximum absolute atomic E-state index is 11.6. The van der Waals surface area contributed by atoms with Crippen LogP contribution in [0.1, 0.15) is 117 Å². The van der Waals surface area contributed by atoms with Gasteiger partial charge in [-0.25, -0.2) is 0 Å². The smallest absolute Gasteiger partial charge is 0.305 e. The third kappa shape index (κ3) is 33.2. The number of carbonyl (C=O) groups excluding carboxylic acids is 1. The Balaban J connectivity index is 3.08. The van der Waals surface area contributed by atoms with Crippen molar-refractivity contribution in [2.24, 2.45) is 0 Å². The van der Waals surface area contributed by atoms with Crippen molar-refractivity contribution < 1.29 is 33.2 Å². The highest BCUT2D eigenvalue weighted by molar-refractivity contribution is 5.69. The van der Waals surface area contributed by atoms with Crippen LogP contribution in [0, 0.1) is 0 Å². The monoisotopic (exact) mass is 532 g/mol. The second-order valence-electron chi connectivity index (χ2n) is 9.63. The van der Waals surface area contributed by atoms with Crippen LogP contribution in [0.4, 0.5) is 0 Å². The van der Waals surface area contributed by atoms with Crippen LogP contribution < -0.4 is 0 Å². The van der Waals surface area contributed by atoms with E-state index in [0.717, 1.165) is 25.9 Å². The van der Waals surface area contributed by atoms with Gasteiger partial charge in [-0.15, -0.1) is 0 Å². The van der Waals surface area contributed by atoms with Crippen LogP contribution >= 0.6 is 0 Å². The molecule has 0 aromatic rings. The number of rotatable bonds is 32. The van der Waals surface area contributed by atoms with Gasteiger partial charge in [-0.1, -0.05) is 97.3 Å². The molecule has 0 aliphatic heterocycles. The summed E-state index contributed by atoms with van der Waals surface area (Å²) in [7, 11) is 0. The molecule has 7 heteroatoms. The lowest BCUT2D eigenvalue weighted by atomic mass is 10.1. The van der Waals surface area contributed by atoms with Crippen molar-refractivity contribution in [1.82, 2.24) is 0 Å². The topological polar surface area (TPSA) is 72.5 Å². The standard InChI is InChI=1S/C30H60O7/c1-3-5-7-9-10-11-12-13-15-17-19-32-20-21-33-22-23-34-24-25-35-26-27-36-28-29-37-30(31)18-16-14-8-6-4-2/h3-29H2,1-2H3. The molecular weight excluding hydrogens is 472 g/mol. The first-order valence-corrected chi connectivity index (χ1v) is 15.4. The first-order valence-electron chi connectivity index (χ1n) is 15.4. The average Bonchev–Trinajstić information content (AvgIpc) is 2.90. The van der Waals surface area contributed by atoms with Gasteiger partial charge in [-0.3, -0.25) is 4.79 Å². The molecular formula is C30H60O7. The molecule has 222 valence electrons.